The topological polar surface area (TPSA) is 68.3 Å². The normalized spacial score (nSPS) is 10.7. The molecule has 0 fully saturated rings. The number of aryl methyl sites for hydroxylation is 2. The first-order valence-corrected chi connectivity index (χ1v) is 9.96. The van der Waals surface area contributed by atoms with Crippen molar-refractivity contribution in [3.63, 3.8) is 0 Å². The van der Waals surface area contributed by atoms with E-state index in [1.165, 1.54) is 5.56 Å². The zero-order chi connectivity index (χ0) is 20.6. The average Bonchev–Trinajstić information content (AvgIpc) is 2.75. The number of pyridine rings is 1. The summed E-state index contributed by atoms with van der Waals surface area (Å²) in [6.07, 6.45) is 2.44. The maximum absolute atomic E-state index is 12.7. The van der Waals surface area contributed by atoms with E-state index in [-0.39, 0.29) is 12.5 Å². The van der Waals surface area contributed by atoms with Crippen LogP contribution in [-0.4, -0.2) is 30.0 Å². The molecule has 0 radical (unpaired) electrons. The minimum Gasteiger partial charge on any atom is -0.452 e. The number of nitrogens with one attached hydrogen (secondary N) is 1. The van der Waals surface area contributed by atoms with Crippen molar-refractivity contribution in [3.8, 4) is 0 Å². The van der Waals surface area contributed by atoms with E-state index < -0.39 is 5.97 Å². The van der Waals surface area contributed by atoms with Gasteiger partial charge < -0.3 is 10.1 Å². The molecule has 1 N–H and O–H groups in total. The summed E-state index contributed by atoms with van der Waals surface area (Å²) in [6, 6.07) is 17.6. The largest absolute Gasteiger partial charge is 0.452 e. The van der Waals surface area contributed by atoms with Gasteiger partial charge in [-0.15, -0.1) is 0 Å². The second-order valence-corrected chi connectivity index (χ2v) is 6.94. The Hall–Kier alpha value is -3.21. The van der Waals surface area contributed by atoms with Gasteiger partial charge in [-0.2, -0.15) is 0 Å². The Bertz CT molecular complexity index is 1000. The number of ether oxygens (including phenoxy) is 1. The Balaban J connectivity index is 1.56. The van der Waals surface area contributed by atoms with Crippen LogP contribution in [-0.2, 0) is 22.4 Å². The van der Waals surface area contributed by atoms with Gasteiger partial charge in [0.2, 0.25) is 0 Å². The van der Waals surface area contributed by atoms with Crippen LogP contribution < -0.4 is 5.32 Å². The van der Waals surface area contributed by atoms with Crippen molar-refractivity contribution >= 4 is 22.8 Å². The predicted molar refractivity (Wildman–Crippen MR) is 114 cm³/mol. The fourth-order valence-electron chi connectivity index (χ4n) is 3.38. The summed E-state index contributed by atoms with van der Waals surface area (Å²) in [6.45, 7) is 4.13. The van der Waals surface area contributed by atoms with Crippen molar-refractivity contribution in [1.82, 2.24) is 10.3 Å². The third-order valence-electron chi connectivity index (χ3n) is 4.92. The number of carbonyl (C=O) groups excluding carboxylic acids is 2. The molecular weight excluding hydrogens is 364 g/mol. The fourth-order valence-corrected chi connectivity index (χ4v) is 3.38. The monoisotopic (exact) mass is 390 g/mol. The molecule has 3 aromatic rings. The van der Waals surface area contributed by atoms with Crippen LogP contribution in [0.4, 0.5) is 0 Å². The molecule has 2 aromatic carbocycles. The van der Waals surface area contributed by atoms with Crippen LogP contribution in [0.5, 0.6) is 0 Å². The molecule has 0 aliphatic rings. The van der Waals surface area contributed by atoms with E-state index in [1.54, 1.807) is 0 Å². The Morgan fingerprint density at radius 1 is 1.03 bits per heavy atom. The summed E-state index contributed by atoms with van der Waals surface area (Å²) in [4.78, 5) is 29.4. The van der Waals surface area contributed by atoms with Crippen LogP contribution in [0, 0.1) is 6.92 Å². The molecule has 0 atom stereocenters. The van der Waals surface area contributed by atoms with E-state index in [2.05, 4.69) is 22.4 Å². The first kappa shape index (κ1) is 20.5. The van der Waals surface area contributed by atoms with Crippen molar-refractivity contribution < 1.29 is 14.3 Å². The Kier molecular flexibility index (Phi) is 6.95. The maximum Gasteiger partial charge on any atom is 0.339 e. The van der Waals surface area contributed by atoms with Gasteiger partial charge in [0.1, 0.15) is 0 Å². The van der Waals surface area contributed by atoms with Crippen LogP contribution in [0.1, 0.15) is 40.5 Å². The molecule has 0 aliphatic carbocycles. The standard InChI is InChI=1S/C24H26N2O3/c1-3-20-17(2)23(19-13-7-8-14-21(19)26-20)24(28)29-16-22(27)25-15-9-12-18-10-5-4-6-11-18/h4-8,10-11,13-14H,3,9,12,15-16H2,1-2H3,(H,25,27). The van der Waals surface area contributed by atoms with Crippen LogP contribution in [0.25, 0.3) is 10.9 Å². The lowest BCUT2D eigenvalue weighted by atomic mass is 10.0. The highest BCUT2D eigenvalue weighted by atomic mass is 16.5. The zero-order valence-corrected chi connectivity index (χ0v) is 16.9. The van der Waals surface area contributed by atoms with Crippen molar-refractivity contribution in [3.05, 3.63) is 77.0 Å². The minimum atomic E-state index is -0.491. The molecule has 0 spiro atoms. The Labute approximate surface area is 171 Å². The van der Waals surface area contributed by atoms with Gasteiger partial charge in [-0.05, 0) is 43.4 Å². The highest BCUT2D eigenvalue weighted by molar-refractivity contribution is 6.05. The molecule has 0 bridgehead atoms. The van der Waals surface area contributed by atoms with Crippen LogP contribution in [0.3, 0.4) is 0 Å². The van der Waals surface area contributed by atoms with Crippen molar-refractivity contribution in [1.29, 1.82) is 0 Å². The number of nitrogens with zero attached hydrogens (tertiary/aromatic N) is 1. The SMILES string of the molecule is CCc1nc2ccccc2c(C(=O)OCC(=O)NCCCc2ccccc2)c1C. The van der Waals surface area contributed by atoms with E-state index in [4.69, 9.17) is 4.74 Å². The fraction of sp³-hybridized carbons (Fsp3) is 0.292. The number of amides is 1. The van der Waals surface area contributed by atoms with E-state index in [9.17, 15) is 9.59 Å². The van der Waals surface area contributed by atoms with Crippen molar-refractivity contribution in [2.75, 3.05) is 13.2 Å². The maximum atomic E-state index is 12.7. The molecule has 1 heterocycles. The highest BCUT2D eigenvalue weighted by Gasteiger charge is 2.19. The first-order valence-electron chi connectivity index (χ1n) is 9.96. The van der Waals surface area contributed by atoms with Gasteiger partial charge in [-0.25, -0.2) is 4.79 Å². The lowest BCUT2D eigenvalue weighted by molar-refractivity contribution is -0.124. The number of rotatable bonds is 8. The van der Waals surface area contributed by atoms with E-state index in [0.29, 0.717) is 12.1 Å². The lowest BCUT2D eigenvalue weighted by Crippen LogP contribution is -2.30. The van der Waals surface area contributed by atoms with Crippen LogP contribution in [0.15, 0.2) is 54.6 Å². The predicted octanol–water partition coefficient (Wildman–Crippen LogP) is 4.01. The molecule has 0 saturated carbocycles. The molecule has 5 nitrogen and oxygen atoms in total. The van der Waals surface area contributed by atoms with Gasteiger partial charge in [0.15, 0.2) is 6.61 Å². The first-order chi connectivity index (χ1) is 14.1. The number of fused-ring (bicyclic) bond motifs is 1. The Morgan fingerprint density at radius 2 is 1.76 bits per heavy atom. The van der Waals surface area contributed by atoms with Crippen LogP contribution >= 0.6 is 0 Å². The van der Waals surface area contributed by atoms with Crippen molar-refractivity contribution in [2.24, 2.45) is 0 Å². The third kappa shape index (κ3) is 5.19. The summed E-state index contributed by atoms with van der Waals surface area (Å²) in [5, 5.41) is 3.55. The van der Waals surface area contributed by atoms with Crippen molar-refractivity contribution in [2.45, 2.75) is 33.1 Å². The average molecular weight is 390 g/mol. The molecule has 1 aromatic heterocycles. The number of esters is 1. The van der Waals surface area contributed by atoms with E-state index >= 15 is 0 Å². The molecule has 0 unspecified atom stereocenters. The lowest BCUT2D eigenvalue weighted by Gasteiger charge is -2.13. The quantitative estimate of drug-likeness (QED) is 0.466. The van der Waals surface area contributed by atoms with Crippen LogP contribution in [0.2, 0.25) is 0 Å². The van der Waals surface area contributed by atoms with Gasteiger partial charge in [0.25, 0.3) is 5.91 Å². The van der Waals surface area contributed by atoms with Gasteiger partial charge in [0, 0.05) is 17.6 Å². The molecule has 150 valence electrons. The number of hydrogen-bond donors (Lipinski definition) is 1. The summed E-state index contributed by atoms with van der Waals surface area (Å²) < 4.78 is 5.31. The molecule has 3 rings (SSSR count). The van der Waals surface area contributed by atoms with Gasteiger partial charge in [-0.3, -0.25) is 9.78 Å². The number of carbonyl (C=O) groups is 2. The second kappa shape index (κ2) is 9.82. The van der Waals surface area contributed by atoms with E-state index in [0.717, 1.165) is 41.4 Å². The number of para-hydroxylation sites is 1. The van der Waals surface area contributed by atoms with Gasteiger partial charge in [0.05, 0.1) is 11.1 Å². The summed E-state index contributed by atoms with van der Waals surface area (Å²) in [5.74, 6) is -0.784. The smallest absolute Gasteiger partial charge is 0.339 e. The summed E-state index contributed by atoms with van der Waals surface area (Å²) in [7, 11) is 0. The molecular formula is C24H26N2O3. The Morgan fingerprint density at radius 3 is 2.52 bits per heavy atom. The second-order valence-electron chi connectivity index (χ2n) is 6.94. The number of benzene rings is 2. The number of aromatic nitrogens is 1. The molecule has 1 amide bonds. The molecule has 0 saturated heterocycles. The number of hydrogen-bond acceptors (Lipinski definition) is 4. The van der Waals surface area contributed by atoms with E-state index in [1.807, 2.05) is 56.3 Å². The highest BCUT2D eigenvalue weighted by Crippen LogP contribution is 2.24. The molecule has 29 heavy (non-hydrogen) atoms. The third-order valence-corrected chi connectivity index (χ3v) is 4.92. The summed E-state index contributed by atoms with van der Waals surface area (Å²) >= 11 is 0. The zero-order valence-electron chi connectivity index (χ0n) is 16.9. The molecule has 0 aliphatic heterocycles. The summed E-state index contributed by atoms with van der Waals surface area (Å²) in [5.41, 5.74) is 4.15. The molecule has 5 heteroatoms. The van der Waals surface area contributed by atoms with Gasteiger partial charge in [-0.1, -0.05) is 55.5 Å². The van der Waals surface area contributed by atoms with Gasteiger partial charge >= 0.3 is 5.97 Å². The minimum absolute atomic E-state index is 0.290.